The Morgan fingerprint density at radius 2 is 1.90 bits per heavy atom. The zero-order chi connectivity index (χ0) is 21.1. The van der Waals surface area contributed by atoms with Gasteiger partial charge >= 0.3 is 5.69 Å². The number of benzene rings is 1. The molecule has 2 N–H and O–H groups in total. The number of aromatic nitrogens is 3. The summed E-state index contributed by atoms with van der Waals surface area (Å²) in [5, 5.41) is 3.35. The van der Waals surface area contributed by atoms with Crippen molar-refractivity contribution in [3.8, 4) is 5.75 Å². The molecule has 1 aliphatic rings. The van der Waals surface area contributed by atoms with Gasteiger partial charge in [0.2, 0.25) is 5.91 Å². The van der Waals surface area contributed by atoms with Crippen molar-refractivity contribution in [2.24, 2.45) is 11.8 Å². The largest absolute Gasteiger partial charge is 0.497 e. The van der Waals surface area contributed by atoms with Crippen LogP contribution in [0.25, 0.3) is 10.9 Å². The van der Waals surface area contributed by atoms with E-state index in [0.29, 0.717) is 23.2 Å². The maximum atomic E-state index is 12.9. The molecule has 1 amide bonds. The molecule has 2 aromatic heterocycles. The van der Waals surface area contributed by atoms with E-state index >= 15 is 0 Å². The van der Waals surface area contributed by atoms with Crippen molar-refractivity contribution >= 4 is 22.5 Å². The zero-order valence-corrected chi connectivity index (χ0v) is 16.8. The van der Waals surface area contributed by atoms with E-state index in [1.807, 2.05) is 0 Å². The molecule has 0 bridgehead atoms. The molecule has 0 atom stereocenters. The Balaban J connectivity index is 1.44. The van der Waals surface area contributed by atoms with Crippen molar-refractivity contribution in [2.75, 3.05) is 12.4 Å². The number of pyridine rings is 1. The van der Waals surface area contributed by atoms with E-state index in [4.69, 9.17) is 4.74 Å². The van der Waals surface area contributed by atoms with Crippen LogP contribution in [-0.4, -0.2) is 27.6 Å². The van der Waals surface area contributed by atoms with E-state index < -0.39 is 5.69 Å². The van der Waals surface area contributed by atoms with Gasteiger partial charge in [0.15, 0.2) is 0 Å². The lowest BCUT2D eigenvalue weighted by atomic mass is 9.81. The highest BCUT2D eigenvalue weighted by Crippen LogP contribution is 2.30. The standard InChI is InChI=1S/C22H24N4O4/c1-30-17-6-7-19-18(12-17)21(28)26(22(29)25-19)13-14-2-4-15(5-3-14)20(27)24-16-8-10-23-11-9-16/h6-12,14-15H,2-5,13H2,1H3,(H,25,29)(H,23,24,27). The maximum Gasteiger partial charge on any atom is 0.328 e. The number of carbonyl (C=O) groups excluding carboxylic acids is 1. The molecule has 1 aromatic carbocycles. The molecule has 8 heteroatoms. The predicted octanol–water partition coefficient (Wildman–Crippen LogP) is 2.54. The van der Waals surface area contributed by atoms with Gasteiger partial charge in [-0.1, -0.05) is 0 Å². The van der Waals surface area contributed by atoms with E-state index in [-0.39, 0.29) is 23.3 Å². The summed E-state index contributed by atoms with van der Waals surface area (Å²) in [6.07, 6.45) is 6.32. The van der Waals surface area contributed by atoms with Gasteiger partial charge in [0.1, 0.15) is 5.75 Å². The van der Waals surface area contributed by atoms with Crippen LogP contribution in [0.4, 0.5) is 5.69 Å². The normalized spacial score (nSPS) is 18.8. The Kier molecular flexibility index (Phi) is 5.65. The summed E-state index contributed by atoms with van der Waals surface area (Å²) in [4.78, 5) is 44.6. The van der Waals surface area contributed by atoms with Gasteiger partial charge in [-0.25, -0.2) is 4.79 Å². The molecule has 0 spiro atoms. The molecule has 4 rings (SSSR count). The van der Waals surface area contributed by atoms with Gasteiger partial charge in [-0.2, -0.15) is 0 Å². The topological polar surface area (TPSA) is 106 Å². The molecule has 0 unspecified atom stereocenters. The number of carbonyl (C=O) groups is 1. The van der Waals surface area contributed by atoms with Crippen molar-refractivity contribution in [3.63, 3.8) is 0 Å². The third-order valence-electron chi connectivity index (χ3n) is 5.80. The Morgan fingerprint density at radius 3 is 2.60 bits per heavy atom. The van der Waals surface area contributed by atoms with Crippen LogP contribution in [0.5, 0.6) is 5.75 Å². The highest BCUT2D eigenvalue weighted by Gasteiger charge is 2.27. The fraction of sp³-hybridized carbons (Fsp3) is 0.364. The van der Waals surface area contributed by atoms with Crippen molar-refractivity contribution in [3.05, 3.63) is 63.6 Å². The number of amides is 1. The van der Waals surface area contributed by atoms with E-state index in [1.165, 1.54) is 11.7 Å². The van der Waals surface area contributed by atoms with Crippen LogP contribution >= 0.6 is 0 Å². The maximum absolute atomic E-state index is 12.9. The molecule has 0 saturated heterocycles. The highest BCUT2D eigenvalue weighted by atomic mass is 16.5. The fourth-order valence-electron chi connectivity index (χ4n) is 4.07. The third kappa shape index (κ3) is 4.12. The molecule has 0 radical (unpaired) electrons. The molecule has 3 aromatic rings. The Bertz CT molecular complexity index is 1160. The van der Waals surface area contributed by atoms with Gasteiger partial charge < -0.3 is 15.0 Å². The molecular formula is C22H24N4O4. The summed E-state index contributed by atoms with van der Waals surface area (Å²) in [5.41, 5.74) is 0.515. The lowest BCUT2D eigenvalue weighted by Crippen LogP contribution is -2.38. The van der Waals surface area contributed by atoms with E-state index in [2.05, 4.69) is 15.3 Å². The Labute approximate surface area is 172 Å². The number of H-pyrrole nitrogens is 1. The number of ether oxygens (including phenoxy) is 1. The molecule has 2 heterocycles. The second kappa shape index (κ2) is 8.52. The molecule has 1 fully saturated rings. The third-order valence-corrected chi connectivity index (χ3v) is 5.80. The minimum absolute atomic E-state index is 0.00691. The van der Waals surface area contributed by atoms with Crippen LogP contribution in [0.3, 0.4) is 0 Å². The highest BCUT2D eigenvalue weighted by molar-refractivity contribution is 5.92. The molecule has 30 heavy (non-hydrogen) atoms. The fourth-order valence-corrected chi connectivity index (χ4v) is 4.07. The van der Waals surface area contributed by atoms with Crippen LogP contribution in [0, 0.1) is 11.8 Å². The molecular weight excluding hydrogens is 384 g/mol. The van der Waals surface area contributed by atoms with Gasteiger partial charge in [0, 0.05) is 30.5 Å². The number of hydrogen-bond donors (Lipinski definition) is 2. The number of hydrogen-bond acceptors (Lipinski definition) is 5. The number of anilines is 1. The van der Waals surface area contributed by atoms with Crippen LogP contribution in [0.2, 0.25) is 0 Å². The average molecular weight is 408 g/mol. The van der Waals surface area contributed by atoms with E-state index in [1.54, 1.807) is 42.7 Å². The first-order valence-corrected chi connectivity index (χ1v) is 10.1. The van der Waals surface area contributed by atoms with Crippen LogP contribution in [-0.2, 0) is 11.3 Å². The summed E-state index contributed by atoms with van der Waals surface area (Å²) in [5.74, 6) is 0.688. The number of rotatable bonds is 5. The smallest absolute Gasteiger partial charge is 0.328 e. The van der Waals surface area contributed by atoms with E-state index in [0.717, 1.165) is 31.4 Å². The first-order chi connectivity index (χ1) is 14.5. The SMILES string of the molecule is COc1ccc2[nH]c(=O)n(CC3CCC(C(=O)Nc4ccncc4)CC3)c(=O)c2c1. The summed E-state index contributed by atoms with van der Waals surface area (Å²) < 4.78 is 6.46. The monoisotopic (exact) mass is 408 g/mol. The van der Waals surface area contributed by atoms with Crippen molar-refractivity contribution < 1.29 is 9.53 Å². The van der Waals surface area contributed by atoms with Crippen molar-refractivity contribution in [2.45, 2.75) is 32.2 Å². The summed E-state index contributed by atoms with van der Waals surface area (Å²) in [6, 6.07) is 8.55. The molecule has 1 aliphatic carbocycles. The molecule has 1 saturated carbocycles. The number of nitrogens with zero attached hydrogens (tertiary/aromatic N) is 2. The number of methoxy groups -OCH3 is 1. The van der Waals surface area contributed by atoms with Crippen LogP contribution in [0.1, 0.15) is 25.7 Å². The van der Waals surface area contributed by atoms with Crippen LogP contribution < -0.4 is 21.3 Å². The molecule has 8 nitrogen and oxygen atoms in total. The second-order valence-electron chi connectivity index (χ2n) is 7.70. The lowest BCUT2D eigenvalue weighted by molar-refractivity contribution is -0.121. The average Bonchev–Trinajstić information content (AvgIpc) is 2.77. The van der Waals surface area contributed by atoms with E-state index in [9.17, 15) is 14.4 Å². The van der Waals surface area contributed by atoms with Gasteiger partial charge in [-0.15, -0.1) is 0 Å². The zero-order valence-electron chi connectivity index (χ0n) is 16.8. The van der Waals surface area contributed by atoms with Crippen LogP contribution in [0.15, 0.2) is 52.3 Å². The number of fused-ring (bicyclic) bond motifs is 1. The predicted molar refractivity (Wildman–Crippen MR) is 114 cm³/mol. The van der Waals surface area contributed by atoms with Gasteiger partial charge in [0.25, 0.3) is 5.56 Å². The minimum Gasteiger partial charge on any atom is -0.497 e. The molecule has 0 aliphatic heterocycles. The second-order valence-corrected chi connectivity index (χ2v) is 7.70. The van der Waals surface area contributed by atoms with Crippen molar-refractivity contribution in [1.29, 1.82) is 0 Å². The van der Waals surface area contributed by atoms with Crippen molar-refractivity contribution in [1.82, 2.24) is 14.5 Å². The quantitative estimate of drug-likeness (QED) is 0.675. The summed E-state index contributed by atoms with van der Waals surface area (Å²) in [7, 11) is 1.54. The Hall–Kier alpha value is -3.42. The Morgan fingerprint density at radius 1 is 1.17 bits per heavy atom. The number of nitrogens with one attached hydrogen (secondary N) is 2. The van der Waals surface area contributed by atoms with Gasteiger partial charge in [0.05, 0.1) is 18.0 Å². The van der Waals surface area contributed by atoms with Gasteiger partial charge in [-0.05, 0) is 61.9 Å². The minimum atomic E-state index is -0.407. The molecule has 156 valence electrons. The van der Waals surface area contributed by atoms with Gasteiger partial charge in [-0.3, -0.25) is 19.1 Å². The number of aromatic amines is 1. The summed E-state index contributed by atoms with van der Waals surface area (Å²) in [6.45, 7) is 0.347. The first-order valence-electron chi connectivity index (χ1n) is 10.1. The first kappa shape index (κ1) is 19.9. The summed E-state index contributed by atoms with van der Waals surface area (Å²) >= 11 is 0. The lowest BCUT2D eigenvalue weighted by Gasteiger charge is -2.28.